The molecule has 3 rings (SSSR count). The van der Waals surface area contributed by atoms with Crippen molar-refractivity contribution in [2.45, 2.75) is 61.4 Å². The van der Waals surface area contributed by atoms with E-state index >= 15 is 0 Å². The van der Waals surface area contributed by atoms with Crippen LogP contribution in [0.5, 0.6) is 0 Å². The average Bonchev–Trinajstić information content (AvgIpc) is 2.92. The Labute approximate surface area is 141 Å². The molecule has 0 amide bonds. The van der Waals surface area contributed by atoms with Gasteiger partial charge in [-0.25, -0.2) is 8.42 Å². The number of morpholine rings is 1. The molecule has 0 N–H and O–H groups in total. The summed E-state index contributed by atoms with van der Waals surface area (Å²) in [4.78, 5) is 1.61. The van der Waals surface area contributed by atoms with Crippen LogP contribution in [0.1, 0.15) is 39.5 Å². The molecule has 24 heavy (non-hydrogen) atoms. The minimum atomic E-state index is -4.65. The smallest absolute Gasteiger partial charge is 0.341 e. The van der Waals surface area contributed by atoms with Crippen LogP contribution in [0.2, 0.25) is 0 Å². The van der Waals surface area contributed by atoms with Gasteiger partial charge in [0.1, 0.15) is 0 Å². The molecular formula is C17H23F2NO3S. The molecule has 2 aliphatic rings. The molecule has 0 atom stereocenters. The van der Waals surface area contributed by atoms with Crippen molar-refractivity contribution < 1.29 is 21.9 Å². The molecule has 1 aromatic carbocycles. The average molecular weight is 359 g/mol. The Morgan fingerprint density at radius 3 is 2.38 bits per heavy atom. The summed E-state index contributed by atoms with van der Waals surface area (Å²) in [7, 11) is -4.65. The molecule has 2 fully saturated rings. The van der Waals surface area contributed by atoms with Crippen molar-refractivity contribution in [1.29, 1.82) is 0 Å². The Morgan fingerprint density at radius 1 is 1.12 bits per heavy atom. The molecular weight excluding hydrogens is 336 g/mol. The fourth-order valence-electron chi connectivity index (χ4n) is 4.02. The molecule has 0 aromatic heterocycles. The van der Waals surface area contributed by atoms with E-state index in [1.54, 1.807) is 12.1 Å². The van der Waals surface area contributed by atoms with Crippen molar-refractivity contribution in [3.05, 3.63) is 24.3 Å². The molecule has 0 unspecified atom stereocenters. The van der Waals surface area contributed by atoms with E-state index in [1.807, 2.05) is 18.7 Å². The van der Waals surface area contributed by atoms with Crippen molar-refractivity contribution >= 4 is 15.5 Å². The van der Waals surface area contributed by atoms with Gasteiger partial charge in [0.25, 0.3) is 0 Å². The SMILES string of the molecule is CC1(C)CN(c2ccccc2S(=O)(=O)C(F)F)CC2(CCCC2)O1. The molecule has 0 radical (unpaired) electrons. The highest BCUT2D eigenvalue weighted by Gasteiger charge is 2.46. The van der Waals surface area contributed by atoms with E-state index in [1.165, 1.54) is 12.1 Å². The highest BCUT2D eigenvalue weighted by molar-refractivity contribution is 7.91. The van der Waals surface area contributed by atoms with Crippen LogP contribution in [0.25, 0.3) is 0 Å². The first-order valence-electron chi connectivity index (χ1n) is 8.22. The zero-order valence-electron chi connectivity index (χ0n) is 14.0. The molecule has 1 spiro atoms. The largest absolute Gasteiger partial charge is 0.365 e. The van der Waals surface area contributed by atoms with Crippen LogP contribution in [-0.4, -0.2) is 38.5 Å². The topological polar surface area (TPSA) is 46.6 Å². The number of hydrogen-bond donors (Lipinski definition) is 0. The van der Waals surface area contributed by atoms with E-state index in [-0.39, 0.29) is 10.5 Å². The van der Waals surface area contributed by atoms with Gasteiger partial charge >= 0.3 is 5.76 Å². The molecule has 4 nitrogen and oxygen atoms in total. The first-order valence-corrected chi connectivity index (χ1v) is 9.76. The molecule has 1 heterocycles. The quantitative estimate of drug-likeness (QED) is 0.827. The lowest BCUT2D eigenvalue weighted by molar-refractivity contribution is -0.148. The number of nitrogens with zero attached hydrogens (tertiary/aromatic N) is 1. The Hall–Kier alpha value is -1.21. The number of anilines is 1. The van der Waals surface area contributed by atoms with Crippen LogP contribution in [0.3, 0.4) is 0 Å². The molecule has 7 heteroatoms. The lowest BCUT2D eigenvalue weighted by atomic mass is 9.93. The minimum Gasteiger partial charge on any atom is -0.365 e. The van der Waals surface area contributed by atoms with Gasteiger partial charge in [-0.2, -0.15) is 8.78 Å². The Balaban J connectivity index is 2.03. The first kappa shape index (κ1) is 17.6. The van der Waals surface area contributed by atoms with Gasteiger partial charge in [0.05, 0.1) is 21.8 Å². The minimum absolute atomic E-state index is 0.300. The van der Waals surface area contributed by atoms with E-state index < -0.39 is 21.2 Å². The maximum atomic E-state index is 13.1. The summed E-state index contributed by atoms with van der Waals surface area (Å²) >= 11 is 0. The third-order valence-corrected chi connectivity index (χ3v) is 6.23. The number of benzene rings is 1. The zero-order chi connectivity index (χ0) is 17.6. The maximum Gasteiger partial charge on any atom is 0.341 e. The van der Waals surface area contributed by atoms with Crippen molar-refractivity contribution in [2.75, 3.05) is 18.0 Å². The van der Waals surface area contributed by atoms with Crippen molar-refractivity contribution in [3.8, 4) is 0 Å². The van der Waals surface area contributed by atoms with Crippen LogP contribution < -0.4 is 4.90 Å². The van der Waals surface area contributed by atoms with E-state index in [2.05, 4.69) is 0 Å². The molecule has 1 saturated carbocycles. The molecule has 134 valence electrons. The number of ether oxygens (including phenoxy) is 1. The van der Waals surface area contributed by atoms with Crippen LogP contribution in [0.4, 0.5) is 14.5 Å². The van der Waals surface area contributed by atoms with E-state index in [0.29, 0.717) is 18.8 Å². The third-order valence-electron chi connectivity index (χ3n) is 4.81. The summed E-state index contributed by atoms with van der Waals surface area (Å²) in [5.41, 5.74) is -0.436. The first-order chi connectivity index (χ1) is 11.2. The molecule has 1 aliphatic heterocycles. The second-order valence-corrected chi connectivity index (χ2v) is 9.27. The summed E-state index contributed by atoms with van der Waals surface area (Å²) in [5.74, 6) is -3.42. The van der Waals surface area contributed by atoms with Crippen LogP contribution in [0, 0.1) is 0 Å². The zero-order valence-corrected chi connectivity index (χ0v) is 14.8. The summed E-state index contributed by atoms with van der Waals surface area (Å²) < 4.78 is 56.6. The van der Waals surface area contributed by atoms with E-state index in [0.717, 1.165) is 25.7 Å². The summed E-state index contributed by atoms with van der Waals surface area (Å²) in [6, 6.07) is 6.04. The highest BCUT2D eigenvalue weighted by atomic mass is 32.2. The Kier molecular flexibility index (Phi) is 4.36. The molecule has 1 saturated heterocycles. The Bertz CT molecular complexity index is 712. The van der Waals surface area contributed by atoms with Gasteiger partial charge in [-0.15, -0.1) is 0 Å². The van der Waals surface area contributed by atoms with Gasteiger partial charge in [0, 0.05) is 13.1 Å². The molecule has 1 aromatic rings. The van der Waals surface area contributed by atoms with Crippen LogP contribution >= 0.6 is 0 Å². The number of rotatable bonds is 3. The molecule has 1 aliphatic carbocycles. The fraction of sp³-hybridized carbons (Fsp3) is 0.647. The number of hydrogen-bond acceptors (Lipinski definition) is 4. The lowest BCUT2D eigenvalue weighted by Gasteiger charge is -2.50. The standard InChI is InChI=1S/C17H23F2NO3S/c1-16(2)11-20(12-17(23-16)9-5-6-10-17)13-7-3-4-8-14(13)24(21,22)15(18)19/h3-4,7-8,15H,5-6,9-12H2,1-2H3. The van der Waals surface area contributed by atoms with Gasteiger partial charge in [-0.1, -0.05) is 25.0 Å². The number of alkyl halides is 2. The van der Waals surface area contributed by atoms with Crippen molar-refractivity contribution in [2.24, 2.45) is 0 Å². The summed E-state index contributed by atoms with van der Waals surface area (Å²) in [6.45, 7) is 4.92. The van der Waals surface area contributed by atoms with Crippen LogP contribution in [-0.2, 0) is 14.6 Å². The van der Waals surface area contributed by atoms with Gasteiger partial charge in [-0.3, -0.25) is 0 Å². The predicted molar refractivity (Wildman–Crippen MR) is 88.2 cm³/mol. The maximum absolute atomic E-state index is 13.1. The van der Waals surface area contributed by atoms with Crippen LogP contribution in [0.15, 0.2) is 29.2 Å². The van der Waals surface area contributed by atoms with Gasteiger partial charge in [0.15, 0.2) is 0 Å². The summed E-state index contributed by atoms with van der Waals surface area (Å²) in [6.07, 6.45) is 3.97. The third kappa shape index (κ3) is 3.16. The van der Waals surface area contributed by atoms with Gasteiger partial charge < -0.3 is 9.64 Å². The second kappa shape index (κ2) is 5.95. The normalized spacial score (nSPS) is 23.1. The fourth-order valence-corrected chi connectivity index (χ4v) is 4.97. The molecule has 0 bridgehead atoms. The van der Waals surface area contributed by atoms with E-state index in [9.17, 15) is 17.2 Å². The van der Waals surface area contributed by atoms with Crippen molar-refractivity contribution in [3.63, 3.8) is 0 Å². The highest BCUT2D eigenvalue weighted by Crippen LogP contribution is 2.43. The van der Waals surface area contributed by atoms with Gasteiger partial charge in [-0.05, 0) is 38.8 Å². The van der Waals surface area contributed by atoms with E-state index in [4.69, 9.17) is 4.74 Å². The lowest BCUT2D eigenvalue weighted by Crippen LogP contribution is -2.59. The monoisotopic (exact) mass is 359 g/mol. The number of para-hydroxylation sites is 1. The van der Waals surface area contributed by atoms with Crippen molar-refractivity contribution in [1.82, 2.24) is 0 Å². The summed E-state index contributed by atoms with van der Waals surface area (Å²) in [5, 5.41) is 0. The number of sulfone groups is 1. The predicted octanol–water partition coefficient (Wildman–Crippen LogP) is 3.61. The Morgan fingerprint density at radius 2 is 1.75 bits per heavy atom. The second-order valence-electron chi connectivity index (χ2n) is 7.38. The van der Waals surface area contributed by atoms with Gasteiger partial charge in [0.2, 0.25) is 9.84 Å². The number of halogens is 2.